The molecule has 1 fully saturated rings. The zero-order valence-electron chi connectivity index (χ0n) is 21.9. The molecule has 1 amide bonds. The molecule has 0 spiro atoms. The zero-order valence-corrected chi connectivity index (χ0v) is 21.9. The van der Waals surface area contributed by atoms with Crippen LogP contribution in [0.4, 0.5) is 11.4 Å². The lowest BCUT2D eigenvalue weighted by Gasteiger charge is -2.36. The number of aryl methyl sites for hydroxylation is 2. The molecule has 0 aliphatic carbocycles. The van der Waals surface area contributed by atoms with Crippen LogP contribution in [0.2, 0.25) is 0 Å². The summed E-state index contributed by atoms with van der Waals surface area (Å²) in [5.74, 6) is -0.111. The smallest absolute Gasteiger partial charge is 0.256 e. The highest BCUT2D eigenvalue weighted by atomic mass is 16.1. The molecule has 1 heterocycles. The van der Waals surface area contributed by atoms with Crippen molar-refractivity contribution in [3.05, 3.63) is 119 Å². The maximum Gasteiger partial charge on any atom is 0.256 e. The fraction of sp³-hybridized carbons (Fsp3) is 0.212. The van der Waals surface area contributed by atoms with E-state index in [4.69, 9.17) is 5.26 Å². The van der Waals surface area contributed by atoms with Crippen molar-refractivity contribution in [3.8, 4) is 17.2 Å². The van der Waals surface area contributed by atoms with Gasteiger partial charge in [0.05, 0.1) is 11.6 Å². The standard InChI is InChI=1S/C33H32N4O/c1-24-10-11-28(20-25(24)2)31-8-3-4-9-32(31)33(38)35-29-12-14-30(15-13-29)37-18-16-36(17-19-37)23-27-7-5-6-26(21-27)22-34/h3-15,20-21H,16-19,23H2,1-2H3,(H,35,38). The van der Waals surface area contributed by atoms with Crippen molar-refractivity contribution in [1.82, 2.24) is 4.90 Å². The summed E-state index contributed by atoms with van der Waals surface area (Å²) in [5, 5.41) is 12.2. The van der Waals surface area contributed by atoms with Gasteiger partial charge in [0, 0.05) is 49.7 Å². The number of nitriles is 1. The number of hydrogen-bond acceptors (Lipinski definition) is 4. The van der Waals surface area contributed by atoms with Crippen molar-refractivity contribution in [2.45, 2.75) is 20.4 Å². The minimum Gasteiger partial charge on any atom is -0.369 e. The summed E-state index contributed by atoms with van der Waals surface area (Å²) >= 11 is 0. The van der Waals surface area contributed by atoms with E-state index in [0.717, 1.165) is 55.2 Å². The highest BCUT2D eigenvalue weighted by molar-refractivity contribution is 6.08. The van der Waals surface area contributed by atoms with Crippen LogP contribution in [-0.4, -0.2) is 37.0 Å². The summed E-state index contributed by atoms with van der Waals surface area (Å²) in [4.78, 5) is 18.0. The molecule has 5 nitrogen and oxygen atoms in total. The van der Waals surface area contributed by atoms with E-state index in [0.29, 0.717) is 11.1 Å². The van der Waals surface area contributed by atoms with Crippen molar-refractivity contribution < 1.29 is 4.79 Å². The average Bonchev–Trinajstić information content (AvgIpc) is 2.95. The minimum absolute atomic E-state index is 0.111. The Kier molecular flexibility index (Phi) is 7.53. The van der Waals surface area contributed by atoms with E-state index < -0.39 is 0 Å². The van der Waals surface area contributed by atoms with Crippen molar-refractivity contribution >= 4 is 17.3 Å². The number of anilines is 2. The topological polar surface area (TPSA) is 59.4 Å². The van der Waals surface area contributed by atoms with Crippen molar-refractivity contribution in [2.75, 3.05) is 36.4 Å². The summed E-state index contributed by atoms with van der Waals surface area (Å²) in [6, 6.07) is 32.3. The molecule has 0 unspecified atom stereocenters. The van der Waals surface area contributed by atoms with Crippen LogP contribution < -0.4 is 10.2 Å². The van der Waals surface area contributed by atoms with Crippen molar-refractivity contribution in [2.24, 2.45) is 0 Å². The highest BCUT2D eigenvalue weighted by Gasteiger charge is 2.18. The van der Waals surface area contributed by atoms with E-state index in [1.54, 1.807) is 0 Å². The van der Waals surface area contributed by atoms with Crippen LogP contribution in [0.3, 0.4) is 0 Å². The Morgan fingerprint density at radius 3 is 2.34 bits per heavy atom. The average molecular weight is 501 g/mol. The van der Waals surface area contributed by atoms with E-state index in [2.05, 4.69) is 71.4 Å². The van der Waals surface area contributed by atoms with Gasteiger partial charge in [-0.05, 0) is 84.1 Å². The molecule has 4 aromatic rings. The normalized spacial score (nSPS) is 13.7. The summed E-state index contributed by atoms with van der Waals surface area (Å²) in [6.45, 7) is 8.85. The van der Waals surface area contributed by atoms with E-state index in [1.807, 2.05) is 54.6 Å². The number of amides is 1. The molecule has 38 heavy (non-hydrogen) atoms. The first kappa shape index (κ1) is 25.3. The first-order valence-corrected chi connectivity index (χ1v) is 13.0. The van der Waals surface area contributed by atoms with Crippen LogP contribution in [0.15, 0.2) is 91.0 Å². The molecule has 1 aliphatic rings. The summed E-state index contributed by atoms with van der Waals surface area (Å²) < 4.78 is 0. The third kappa shape index (κ3) is 5.77. The van der Waals surface area contributed by atoms with Gasteiger partial charge in [0.25, 0.3) is 5.91 Å². The van der Waals surface area contributed by atoms with Crippen LogP contribution in [0.5, 0.6) is 0 Å². The number of hydrogen-bond donors (Lipinski definition) is 1. The molecule has 1 N–H and O–H groups in total. The molecule has 1 saturated heterocycles. The van der Waals surface area contributed by atoms with Crippen molar-refractivity contribution in [1.29, 1.82) is 5.26 Å². The van der Waals surface area contributed by atoms with Gasteiger partial charge in [-0.3, -0.25) is 9.69 Å². The number of carbonyl (C=O) groups excluding carboxylic acids is 1. The number of piperazine rings is 1. The van der Waals surface area contributed by atoms with E-state index in [-0.39, 0.29) is 5.91 Å². The molecule has 5 rings (SSSR count). The van der Waals surface area contributed by atoms with Gasteiger partial charge in [0.1, 0.15) is 0 Å². The quantitative estimate of drug-likeness (QED) is 0.332. The third-order valence-corrected chi connectivity index (χ3v) is 7.31. The van der Waals surface area contributed by atoms with Crippen LogP contribution in [0.25, 0.3) is 11.1 Å². The lowest BCUT2D eigenvalue weighted by Crippen LogP contribution is -2.45. The molecule has 0 atom stereocenters. The lowest BCUT2D eigenvalue weighted by atomic mass is 9.96. The number of nitrogens with one attached hydrogen (secondary N) is 1. The predicted octanol–water partition coefficient (Wildman–Crippen LogP) is 6.42. The second kappa shape index (κ2) is 11.3. The lowest BCUT2D eigenvalue weighted by molar-refractivity contribution is 0.102. The molecular weight excluding hydrogens is 468 g/mol. The molecule has 190 valence electrons. The van der Waals surface area contributed by atoms with Crippen LogP contribution in [0.1, 0.15) is 32.6 Å². The maximum atomic E-state index is 13.2. The first-order chi connectivity index (χ1) is 18.5. The minimum atomic E-state index is -0.111. The van der Waals surface area contributed by atoms with Gasteiger partial charge >= 0.3 is 0 Å². The first-order valence-electron chi connectivity index (χ1n) is 13.0. The van der Waals surface area contributed by atoms with Gasteiger partial charge in [0.2, 0.25) is 0 Å². The highest BCUT2D eigenvalue weighted by Crippen LogP contribution is 2.27. The number of rotatable bonds is 6. The van der Waals surface area contributed by atoms with Crippen molar-refractivity contribution in [3.63, 3.8) is 0 Å². The molecular formula is C33H32N4O. The zero-order chi connectivity index (χ0) is 26.5. The van der Waals surface area contributed by atoms with Gasteiger partial charge in [-0.1, -0.05) is 48.5 Å². The summed E-state index contributed by atoms with van der Waals surface area (Å²) in [6.07, 6.45) is 0. The largest absolute Gasteiger partial charge is 0.369 e. The van der Waals surface area contributed by atoms with Crippen LogP contribution in [0, 0.1) is 25.2 Å². The molecule has 0 aromatic heterocycles. The van der Waals surface area contributed by atoms with Gasteiger partial charge in [-0.2, -0.15) is 5.26 Å². The van der Waals surface area contributed by atoms with E-state index in [9.17, 15) is 4.79 Å². The maximum absolute atomic E-state index is 13.2. The van der Waals surface area contributed by atoms with Crippen LogP contribution >= 0.6 is 0 Å². The Bertz CT molecular complexity index is 1480. The summed E-state index contributed by atoms with van der Waals surface area (Å²) in [7, 11) is 0. The Labute approximate surface area is 225 Å². The SMILES string of the molecule is Cc1ccc(-c2ccccc2C(=O)Nc2ccc(N3CCN(Cc4cccc(C#N)c4)CC3)cc2)cc1C. The predicted molar refractivity (Wildman–Crippen MR) is 154 cm³/mol. The Hall–Kier alpha value is -4.40. The number of nitrogens with zero attached hydrogens (tertiary/aromatic N) is 3. The third-order valence-electron chi connectivity index (χ3n) is 7.31. The molecule has 1 aliphatic heterocycles. The van der Waals surface area contributed by atoms with Gasteiger partial charge < -0.3 is 10.2 Å². The molecule has 5 heteroatoms. The molecule has 0 radical (unpaired) electrons. The second-order valence-electron chi connectivity index (χ2n) is 9.92. The summed E-state index contributed by atoms with van der Waals surface area (Å²) in [5.41, 5.74) is 8.92. The fourth-order valence-electron chi connectivity index (χ4n) is 4.96. The Morgan fingerprint density at radius 1 is 0.842 bits per heavy atom. The van der Waals surface area contributed by atoms with Crippen LogP contribution in [-0.2, 0) is 6.54 Å². The van der Waals surface area contributed by atoms with E-state index in [1.165, 1.54) is 16.7 Å². The Morgan fingerprint density at radius 2 is 1.61 bits per heavy atom. The van der Waals surface area contributed by atoms with Gasteiger partial charge in [0.15, 0.2) is 0 Å². The second-order valence-corrected chi connectivity index (χ2v) is 9.92. The number of carbonyl (C=O) groups is 1. The van der Waals surface area contributed by atoms with Gasteiger partial charge in [-0.15, -0.1) is 0 Å². The fourth-order valence-corrected chi connectivity index (χ4v) is 4.96. The van der Waals surface area contributed by atoms with Gasteiger partial charge in [-0.25, -0.2) is 0 Å². The van der Waals surface area contributed by atoms with E-state index >= 15 is 0 Å². The monoisotopic (exact) mass is 500 g/mol. The Balaban J connectivity index is 1.20. The molecule has 4 aromatic carbocycles. The molecule has 0 bridgehead atoms. The molecule has 0 saturated carbocycles. The number of benzene rings is 4.